The van der Waals surface area contributed by atoms with Crippen LogP contribution in [0.5, 0.6) is 0 Å². The Bertz CT molecular complexity index is 1160. The number of rotatable bonds is 7. The van der Waals surface area contributed by atoms with Crippen LogP contribution in [0.1, 0.15) is 34.5 Å². The van der Waals surface area contributed by atoms with Gasteiger partial charge in [-0.3, -0.25) is 4.79 Å². The molecule has 2 aromatic carbocycles. The molecular weight excluding hydrogens is 413 g/mol. The van der Waals surface area contributed by atoms with E-state index in [0.717, 1.165) is 0 Å². The molecular formula is C22H21ClFNO5. The van der Waals surface area contributed by atoms with E-state index in [2.05, 4.69) is 0 Å². The molecule has 3 aromatic rings. The number of hydrogen-bond donors (Lipinski definition) is 2. The Kier molecular flexibility index (Phi) is 6.55. The number of carbonyl (C=O) groups is 1. The second kappa shape index (κ2) is 8.95. The standard InChI is InChI=1S/C22H21ClFNO5/c1-12(30-2)19(11-26)25-10-16(22(28)29)21(27)15-9-13(6-7-18(15)25)8-14-4-3-5-17(23)20(14)24/h3-7,9-10,12,19,26H,8,11H2,1-2H3,(H,28,29)/t12-,19-/m1/s1. The van der Waals surface area contributed by atoms with E-state index in [1.165, 1.54) is 23.9 Å². The molecule has 0 spiro atoms. The number of nitrogens with zero attached hydrogens (tertiary/aromatic N) is 1. The van der Waals surface area contributed by atoms with Crippen LogP contribution in [0.4, 0.5) is 4.39 Å². The van der Waals surface area contributed by atoms with Crippen LogP contribution in [0, 0.1) is 5.82 Å². The molecule has 30 heavy (non-hydrogen) atoms. The SMILES string of the molecule is CO[C@H](C)[C@@H](CO)n1cc(C(=O)O)c(=O)c2cc(Cc3cccc(Cl)c3F)ccc21. The highest BCUT2D eigenvalue weighted by Crippen LogP contribution is 2.25. The molecule has 158 valence electrons. The highest BCUT2D eigenvalue weighted by molar-refractivity contribution is 6.30. The normalized spacial score (nSPS) is 13.4. The number of carboxylic acid groups (broad SMARTS) is 1. The van der Waals surface area contributed by atoms with Crippen molar-refractivity contribution in [2.45, 2.75) is 25.5 Å². The van der Waals surface area contributed by atoms with Crippen LogP contribution < -0.4 is 5.43 Å². The van der Waals surface area contributed by atoms with Crippen molar-refractivity contribution in [3.63, 3.8) is 0 Å². The van der Waals surface area contributed by atoms with Crippen molar-refractivity contribution in [3.8, 4) is 0 Å². The van der Waals surface area contributed by atoms with Crippen LogP contribution in [-0.4, -0.2) is 40.6 Å². The van der Waals surface area contributed by atoms with Crippen molar-refractivity contribution in [1.82, 2.24) is 4.57 Å². The summed E-state index contributed by atoms with van der Waals surface area (Å²) < 4.78 is 21.1. The van der Waals surface area contributed by atoms with Gasteiger partial charge in [-0.05, 0) is 36.2 Å². The maximum atomic E-state index is 14.3. The molecule has 0 fully saturated rings. The maximum absolute atomic E-state index is 14.3. The molecule has 0 radical (unpaired) electrons. The van der Waals surface area contributed by atoms with Crippen molar-refractivity contribution >= 4 is 28.5 Å². The van der Waals surface area contributed by atoms with Crippen LogP contribution in [0.2, 0.25) is 5.02 Å². The fourth-order valence-electron chi connectivity index (χ4n) is 3.46. The van der Waals surface area contributed by atoms with E-state index in [0.29, 0.717) is 16.6 Å². The van der Waals surface area contributed by atoms with Gasteiger partial charge in [0.05, 0.1) is 29.3 Å². The number of hydrogen-bond acceptors (Lipinski definition) is 4. The van der Waals surface area contributed by atoms with E-state index in [-0.39, 0.29) is 23.4 Å². The summed E-state index contributed by atoms with van der Waals surface area (Å²) in [6, 6.07) is 9.01. The Morgan fingerprint density at radius 3 is 2.67 bits per heavy atom. The van der Waals surface area contributed by atoms with Crippen LogP contribution in [0.15, 0.2) is 47.4 Å². The molecule has 2 N–H and O–H groups in total. The lowest BCUT2D eigenvalue weighted by atomic mass is 10.0. The number of fused-ring (bicyclic) bond motifs is 1. The van der Waals surface area contributed by atoms with Crippen molar-refractivity contribution in [2.24, 2.45) is 0 Å². The molecule has 0 saturated carbocycles. The highest BCUT2D eigenvalue weighted by Gasteiger charge is 2.23. The van der Waals surface area contributed by atoms with Gasteiger partial charge in [-0.2, -0.15) is 0 Å². The predicted octanol–water partition coefficient (Wildman–Crippen LogP) is 3.65. The van der Waals surface area contributed by atoms with Gasteiger partial charge in [0, 0.05) is 25.1 Å². The minimum Gasteiger partial charge on any atom is -0.477 e. The van der Waals surface area contributed by atoms with E-state index in [1.807, 2.05) is 0 Å². The van der Waals surface area contributed by atoms with Gasteiger partial charge >= 0.3 is 5.97 Å². The minimum atomic E-state index is -1.37. The third-order valence-electron chi connectivity index (χ3n) is 5.21. The van der Waals surface area contributed by atoms with Gasteiger partial charge in [0.1, 0.15) is 11.4 Å². The number of methoxy groups -OCH3 is 1. The molecule has 0 aliphatic carbocycles. The zero-order chi connectivity index (χ0) is 22.0. The molecule has 8 heteroatoms. The minimum absolute atomic E-state index is 0.00292. The number of pyridine rings is 1. The smallest absolute Gasteiger partial charge is 0.341 e. The molecule has 3 rings (SSSR count). The lowest BCUT2D eigenvalue weighted by Gasteiger charge is -2.26. The van der Waals surface area contributed by atoms with Crippen LogP contribution >= 0.6 is 11.6 Å². The van der Waals surface area contributed by atoms with Gasteiger partial charge in [-0.15, -0.1) is 0 Å². The third kappa shape index (κ3) is 4.09. The fourth-order valence-corrected chi connectivity index (χ4v) is 3.66. The summed E-state index contributed by atoms with van der Waals surface area (Å²) in [4.78, 5) is 24.5. The van der Waals surface area contributed by atoms with E-state index < -0.39 is 34.9 Å². The van der Waals surface area contributed by atoms with E-state index in [1.54, 1.807) is 37.3 Å². The monoisotopic (exact) mass is 433 g/mol. The summed E-state index contributed by atoms with van der Waals surface area (Å²) in [6.45, 7) is 1.42. The lowest BCUT2D eigenvalue weighted by molar-refractivity contribution is 0.0456. The molecule has 6 nitrogen and oxygen atoms in total. The Hall–Kier alpha value is -2.74. The number of carboxylic acids is 1. The summed E-state index contributed by atoms with van der Waals surface area (Å²) in [5.41, 5.74) is 0.357. The summed E-state index contributed by atoms with van der Waals surface area (Å²) in [5, 5.41) is 19.5. The van der Waals surface area contributed by atoms with Crippen molar-refractivity contribution in [2.75, 3.05) is 13.7 Å². The van der Waals surface area contributed by atoms with Crippen molar-refractivity contribution in [3.05, 3.63) is 80.3 Å². The number of benzene rings is 2. The van der Waals surface area contributed by atoms with E-state index in [9.17, 15) is 24.2 Å². The second-order valence-corrected chi connectivity index (χ2v) is 7.42. The molecule has 1 heterocycles. The molecule has 0 saturated heterocycles. The number of aromatic nitrogens is 1. The maximum Gasteiger partial charge on any atom is 0.341 e. The zero-order valence-corrected chi connectivity index (χ0v) is 17.2. The van der Waals surface area contributed by atoms with E-state index in [4.69, 9.17) is 16.3 Å². The number of aromatic carboxylic acids is 1. The average Bonchev–Trinajstić information content (AvgIpc) is 2.73. The Labute approximate surface area is 177 Å². The first-order valence-electron chi connectivity index (χ1n) is 9.26. The highest BCUT2D eigenvalue weighted by atomic mass is 35.5. The average molecular weight is 434 g/mol. The summed E-state index contributed by atoms with van der Waals surface area (Å²) >= 11 is 5.84. The number of halogens is 2. The molecule has 0 amide bonds. The molecule has 0 bridgehead atoms. The first-order chi connectivity index (χ1) is 14.3. The molecule has 2 atom stereocenters. The third-order valence-corrected chi connectivity index (χ3v) is 5.50. The number of ether oxygens (including phenoxy) is 1. The lowest BCUT2D eigenvalue weighted by Crippen LogP contribution is -2.29. The van der Waals surface area contributed by atoms with Crippen molar-refractivity contribution in [1.29, 1.82) is 0 Å². The van der Waals surface area contributed by atoms with Crippen LogP contribution in [0.25, 0.3) is 10.9 Å². The van der Waals surface area contributed by atoms with Gasteiger partial charge in [0.2, 0.25) is 5.43 Å². The Balaban J connectivity index is 2.20. The molecule has 0 aliphatic rings. The van der Waals surface area contributed by atoms with Crippen molar-refractivity contribution < 1.29 is 24.1 Å². The van der Waals surface area contributed by atoms with Gasteiger partial charge in [-0.25, -0.2) is 9.18 Å². The molecule has 1 aromatic heterocycles. The predicted molar refractivity (Wildman–Crippen MR) is 112 cm³/mol. The van der Waals surface area contributed by atoms with Gasteiger partial charge in [0.25, 0.3) is 0 Å². The van der Waals surface area contributed by atoms with Crippen LogP contribution in [0.3, 0.4) is 0 Å². The number of aliphatic hydroxyl groups is 1. The zero-order valence-electron chi connectivity index (χ0n) is 16.4. The summed E-state index contributed by atoms with van der Waals surface area (Å²) in [6.07, 6.45) is 0.957. The van der Waals surface area contributed by atoms with Gasteiger partial charge in [0.15, 0.2) is 0 Å². The summed E-state index contributed by atoms with van der Waals surface area (Å²) in [7, 11) is 1.48. The molecule has 0 unspecified atom stereocenters. The Morgan fingerprint density at radius 1 is 1.30 bits per heavy atom. The fraction of sp³-hybridized carbons (Fsp3) is 0.273. The first kappa shape index (κ1) is 22.0. The van der Waals surface area contributed by atoms with E-state index >= 15 is 0 Å². The summed E-state index contributed by atoms with van der Waals surface area (Å²) in [5.74, 6) is -1.91. The van der Waals surface area contributed by atoms with Gasteiger partial charge in [-0.1, -0.05) is 29.8 Å². The quantitative estimate of drug-likeness (QED) is 0.593. The van der Waals surface area contributed by atoms with Gasteiger partial charge < -0.3 is 19.5 Å². The first-order valence-corrected chi connectivity index (χ1v) is 9.63. The number of aliphatic hydroxyl groups excluding tert-OH is 1. The van der Waals surface area contributed by atoms with Crippen LogP contribution in [-0.2, 0) is 11.2 Å². The second-order valence-electron chi connectivity index (χ2n) is 7.02. The Morgan fingerprint density at radius 2 is 2.03 bits per heavy atom. The topological polar surface area (TPSA) is 88.8 Å². The largest absolute Gasteiger partial charge is 0.477 e. The molecule has 0 aliphatic heterocycles.